The van der Waals surface area contributed by atoms with Crippen LogP contribution in [0.25, 0.3) is 0 Å². The molecule has 0 saturated carbocycles. The van der Waals surface area contributed by atoms with Gasteiger partial charge in [0.15, 0.2) is 0 Å². The van der Waals surface area contributed by atoms with Crippen LogP contribution in [-0.2, 0) is 18.3 Å². The summed E-state index contributed by atoms with van der Waals surface area (Å²) in [6.07, 6.45) is 6.45. The Morgan fingerprint density at radius 1 is 1.56 bits per heavy atom. The first-order chi connectivity index (χ1) is 8.75. The Kier molecular flexibility index (Phi) is 4.58. The van der Waals surface area contributed by atoms with E-state index >= 15 is 0 Å². The third-order valence-corrected chi connectivity index (χ3v) is 3.12. The van der Waals surface area contributed by atoms with Crippen LogP contribution in [0.3, 0.4) is 0 Å². The second kappa shape index (κ2) is 6.39. The molecule has 100 valence electrons. The molecule has 18 heavy (non-hydrogen) atoms. The average Bonchev–Trinajstić information content (AvgIpc) is 2.61. The zero-order valence-electron chi connectivity index (χ0n) is 10.7. The summed E-state index contributed by atoms with van der Waals surface area (Å²) >= 11 is 0. The zero-order valence-corrected chi connectivity index (χ0v) is 10.7. The number of carbonyl (C=O) groups is 1. The maximum absolute atomic E-state index is 11.7. The van der Waals surface area contributed by atoms with E-state index in [1.54, 1.807) is 6.20 Å². The number of amides is 2. The highest BCUT2D eigenvalue weighted by molar-refractivity contribution is 5.74. The molecule has 1 aliphatic rings. The van der Waals surface area contributed by atoms with Gasteiger partial charge in [-0.3, -0.25) is 0 Å². The lowest BCUT2D eigenvalue weighted by Gasteiger charge is -2.16. The van der Waals surface area contributed by atoms with Crippen LogP contribution in [0.2, 0.25) is 0 Å². The molecule has 2 rings (SSSR count). The molecular formula is C12H20N4O2. The van der Waals surface area contributed by atoms with Crippen molar-refractivity contribution in [1.82, 2.24) is 20.2 Å². The minimum atomic E-state index is -0.134. The fourth-order valence-electron chi connectivity index (χ4n) is 2.01. The second-order valence-corrected chi connectivity index (χ2v) is 4.52. The molecule has 0 radical (unpaired) electrons. The molecule has 2 N–H and O–H groups in total. The number of hydrogen-bond acceptors (Lipinski definition) is 3. The monoisotopic (exact) mass is 252 g/mol. The van der Waals surface area contributed by atoms with Gasteiger partial charge < -0.3 is 19.9 Å². The molecule has 1 aliphatic heterocycles. The predicted octanol–water partition coefficient (Wildman–Crippen LogP) is 0.788. The van der Waals surface area contributed by atoms with Crippen molar-refractivity contribution in [3.05, 3.63) is 18.2 Å². The third-order valence-electron chi connectivity index (χ3n) is 3.12. The average molecular weight is 252 g/mol. The van der Waals surface area contributed by atoms with Gasteiger partial charge in [-0.15, -0.1) is 0 Å². The van der Waals surface area contributed by atoms with Crippen molar-refractivity contribution in [1.29, 1.82) is 0 Å². The number of nitrogens with one attached hydrogen (secondary N) is 2. The highest BCUT2D eigenvalue weighted by Gasteiger charge is 2.14. The molecule has 0 spiro atoms. The Balaban J connectivity index is 1.73. The highest BCUT2D eigenvalue weighted by atomic mass is 16.5. The maximum Gasteiger partial charge on any atom is 0.315 e. The van der Waals surface area contributed by atoms with Crippen molar-refractivity contribution in [2.75, 3.05) is 13.2 Å². The van der Waals surface area contributed by atoms with Gasteiger partial charge >= 0.3 is 6.03 Å². The van der Waals surface area contributed by atoms with E-state index in [1.807, 2.05) is 17.8 Å². The van der Waals surface area contributed by atoms with Crippen LogP contribution in [0.4, 0.5) is 4.79 Å². The summed E-state index contributed by atoms with van der Waals surface area (Å²) in [6.45, 7) is 1.97. The van der Waals surface area contributed by atoms with Crippen molar-refractivity contribution >= 4 is 6.03 Å². The number of aryl methyl sites for hydroxylation is 1. The van der Waals surface area contributed by atoms with Crippen molar-refractivity contribution in [3.63, 3.8) is 0 Å². The number of rotatable bonds is 3. The van der Waals surface area contributed by atoms with Gasteiger partial charge in [-0.1, -0.05) is 0 Å². The van der Waals surface area contributed by atoms with E-state index < -0.39 is 0 Å². The first-order valence-corrected chi connectivity index (χ1v) is 6.34. The van der Waals surface area contributed by atoms with E-state index in [0.29, 0.717) is 6.54 Å². The third kappa shape index (κ3) is 3.73. The van der Waals surface area contributed by atoms with Gasteiger partial charge in [-0.05, 0) is 19.3 Å². The van der Waals surface area contributed by atoms with Gasteiger partial charge in [-0.25, -0.2) is 9.78 Å². The summed E-state index contributed by atoms with van der Waals surface area (Å²) in [5.74, 6) is 0.842. The lowest BCUT2D eigenvalue weighted by atomic mass is 10.1. The Morgan fingerprint density at radius 3 is 3.22 bits per heavy atom. The molecule has 1 fully saturated rings. The van der Waals surface area contributed by atoms with Crippen LogP contribution in [0.15, 0.2) is 12.4 Å². The quantitative estimate of drug-likeness (QED) is 0.835. The van der Waals surface area contributed by atoms with Crippen LogP contribution in [0.5, 0.6) is 0 Å². The second-order valence-electron chi connectivity index (χ2n) is 4.52. The lowest BCUT2D eigenvalue weighted by Crippen LogP contribution is -2.42. The van der Waals surface area contributed by atoms with Crippen molar-refractivity contribution in [3.8, 4) is 0 Å². The predicted molar refractivity (Wildman–Crippen MR) is 67.0 cm³/mol. The topological polar surface area (TPSA) is 68.2 Å². The zero-order chi connectivity index (χ0) is 12.8. The van der Waals surface area contributed by atoms with Crippen LogP contribution >= 0.6 is 0 Å². The first-order valence-electron chi connectivity index (χ1n) is 6.34. The molecule has 2 heterocycles. The van der Waals surface area contributed by atoms with Gasteiger partial charge in [0.25, 0.3) is 0 Å². The molecule has 1 atom stereocenters. The summed E-state index contributed by atoms with van der Waals surface area (Å²) in [4.78, 5) is 15.9. The fraction of sp³-hybridized carbons (Fsp3) is 0.667. The first kappa shape index (κ1) is 12.9. The number of ether oxygens (including phenoxy) is 1. The van der Waals surface area contributed by atoms with Gasteiger partial charge in [0.2, 0.25) is 0 Å². The van der Waals surface area contributed by atoms with E-state index in [9.17, 15) is 4.79 Å². The van der Waals surface area contributed by atoms with Crippen LogP contribution in [-0.4, -0.2) is 34.8 Å². The van der Waals surface area contributed by atoms with E-state index in [4.69, 9.17) is 4.74 Å². The van der Waals surface area contributed by atoms with E-state index in [0.717, 1.165) is 38.3 Å². The molecule has 0 bridgehead atoms. The Bertz CT molecular complexity index is 383. The lowest BCUT2D eigenvalue weighted by molar-refractivity contribution is 0.143. The largest absolute Gasteiger partial charge is 0.381 e. The Hall–Kier alpha value is -1.56. The molecule has 6 nitrogen and oxygen atoms in total. The standard InChI is InChI=1S/C12H20N4O2/c1-16-6-5-13-11(16)9-14-12(17)15-10-3-2-7-18-8-4-10/h5-6,10H,2-4,7-9H2,1H3,(H2,14,15,17). The number of aromatic nitrogens is 2. The summed E-state index contributed by atoms with van der Waals surface area (Å²) in [7, 11) is 1.91. The molecule has 2 amide bonds. The number of nitrogens with zero attached hydrogens (tertiary/aromatic N) is 2. The highest BCUT2D eigenvalue weighted by Crippen LogP contribution is 2.07. The molecule has 6 heteroatoms. The smallest absolute Gasteiger partial charge is 0.315 e. The number of hydrogen-bond donors (Lipinski definition) is 2. The summed E-state index contributed by atoms with van der Waals surface area (Å²) in [5.41, 5.74) is 0. The normalized spacial score (nSPS) is 20.2. The maximum atomic E-state index is 11.7. The summed E-state index contributed by atoms with van der Waals surface area (Å²) < 4.78 is 7.24. The van der Waals surface area contributed by atoms with Crippen molar-refractivity contribution < 1.29 is 9.53 Å². The number of carbonyl (C=O) groups excluding carboxylic acids is 1. The molecular weight excluding hydrogens is 232 g/mol. The molecule has 0 aliphatic carbocycles. The Morgan fingerprint density at radius 2 is 2.44 bits per heavy atom. The van der Waals surface area contributed by atoms with E-state index in [2.05, 4.69) is 15.6 Å². The molecule has 0 aromatic carbocycles. The van der Waals surface area contributed by atoms with Gasteiger partial charge in [-0.2, -0.15) is 0 Å². The van der Waals surface area contributed by atoms with Crippen LogP contribution in [0, 0.1) is 0 Å². The minimum Gasteiger partial charge on any atom is -0.381 e. The van der Waals surface area contributed by atoms with Crippen LogP contribution in [0.1, 0.15) is 25.1 Å². The van der Waals surface area contributed by atoms with E-state index in [1.165, 1.54) is 0 Å². The molecule has 1 unspecified atom stereocenters. The SMILES string of the molecule is Cn1ccnc1CNC(=O)NC1CCCOCC1. The minimum absolute atomic E-state index is 0.134. The number of imidazole rings is 1. The fourth-order valence-corrected chi connectivity index (χ4v) is 2.01. The van der Waals surface area contributed by atoms with Gasteiger partial charge in [0.1, 0.15) is 5.82 Å². The molecule has 1 aromatic rings. The van der Waals surface area contributed by atoms with Gasteiger partial charge in [0.05, 0.1) is 6.54 Å². The molecule has 1 saturated heterocycles. The number of urea groups is 1. The van der Waals surface area contributed by atoms with Crippen LogP contribution < -0.4 is 10.6 Å². The van der Waals surface area contributed by atoms with E-state index in [-0.39, 0.29) is 12.1 Å². The Labute approximate surface area is 107 Å². The van der Waals surface area contributed by atoms with Gasteiger partial charge in [0, 0.05) is 38.7 Å². The summed E-state index contributed by atoms with van der Waals surface area (Å²) in [5, 5.41) is 5.79. The van der Waals surface area contributed by atoms with Crippen molar-refractivity contribution in [2.24, 2.45) is 7.05 Å². The summed E-state index contributed by atoms with van der Waals surface area (Å²) in [6, 6.07) is 0.0822. The molecule has 1 aromatic heterocycles. The van der Waals surface area contributed by atoms with Crippen molar-refractivity contribution in [2.45, 2.75) is 31.8 Å².